The molecule has 0 fully saturated rings. The van der Waals surface area contributed by atoms with E-state index >= 15 is 0 Å². The van der Waals surface area contributed by atoms with Gasteiger partial charge in [-0.3, -0.25) is 4.90 Å². The third-order valence-electron chi connectivity index (χ3n) is 6.42. The van der Waals surface area contributed by atoms with Gasteiger partial charge in [0, 0.05) is 54.7 Å². The first-order valence-corrected chi connectivity index (χ1v) is 12.3. The first kappa shape index (κ1) is 24.1. The number of rotatable bonds is 4. The number of benzene rings is 1. The molecule has 8 heteroatoms. The summed E-state index contributed by atoms with van der Waals surface area (Å²) in [7, 11) is 2.03. The molecule has 1 aromatic carbocycles. The number of nitrogens with one attached hydrogen (secondary N) is 2. The van der Waals surface area contributed by atoms with Crippen LogP contribution >= 0.6 is 0 Å². The van der Waals surface area contributed by atoms with Crippen LogP contribution in [0.4, 0.5) is 20.6 Å². The van der Waals surface area contributed by atoms with Gasteiger partial charge in [-0.15, -0.1) is 0 Å². The fourth-order valence-electron chi connectivity index (χ4n) is 4.60. The minimum absolute atomic E-state index is 0.212. The van der Waals surface area contributed by atoms with E-state index in [0.29, 0.717) is 18.7 Å². The van der Waals surface area contributed by atoms with Crippen molar-refractivity contribution >= 4 is 39.6 Å². The van der Waals surface area contributed by atoms with Gasteiger partial charge in [0.1, 0.15) is 17.1 Å². The zero-order chi connectivity index (χ0) is 25.4. The van der Waals surface area contributed by atoms with Crippen LogP contribution in [-0.2, 0) is 4.74 Å². The molecule has 0 unspecified atom stereocenters. The van der Waals surface area contributed by atoms with E-state index in [-0.39, 0.29) is 11.9 Å². The lowest BCUT2D eigenvalue weighted by Crippen LogP contribution is -2.39. The van der Waals surface area contributed by atoms with Gasteiger partial charge in [-0.25, -0.2) is 14.2 Å². The summed E-state index contributed by atoms with van der Waals surface area (Å²) < 4.78 is 20.1. The molecule has 0 aliphatic carbocycles. The van der Waals surface area contributed by atoms with Crippen LogP contribution in [0, 0.1) is 5.82 Å². The van der Waals surface area contributed by atoms with Crippen molar-refractivity contribution in [2.75, 3.05) is 38.5 Å². The second-order valence-electron chi connectivity index (χ2n) is 10.5. The van der Waals surface area contributed by atoms with Crippen molar-refractivity contribution in [3.63, 3.8) is 0 Å². The molecule has 0 radical (unpaired) electrons. The highest BCUT2D eigenvalue weighted by Gasteiger charge is 2.24. The Labute approximate surface area is 210 Å². The SMILES string of the molecule is CN1CC=C(c2cc(Nc3ccnc4[nH]c(C5=CCN(C(=O)OC(C)(C)C)CC5)cc34)ccc2F)C1. The van der Waals surface area contributed by atoms with Crippen LogP contribution in [0.5, 0.6) is 0 Å². The average Bonchev–Trinajstić information content (AvgIpc) is 3.46. The van der Waals surface area contributed by atoms with E-state index in [1.165, 1.54) is 6.07 Å². The Kier molecular flexibility index (Phi) is 6.30. The van der Waals surface area contributed by atoms with Gasteiger partial charge in [0.05, 0.1) is 5.69 Å². The number of likely N-dealkylation sites (N-methyl/N-ethyl adjacent to an activating group) is 1. The second-order valence-corrected chi connectivity index (χ2v) is 10.5. The zero-order valence-electron chi connectivity index (χ0n) is 21.2. The summed E-state index contributed by atoms with van der Waals surface area (Å²) in [5.41, 5.74) is 5.73. The number of carbonyl (C=O) groups excluding carboxylic acids is 1. The third kappa shape index (κ3) is 5.14. The van der Waals surface area contributed by atoms with E-state index in [1.54, 1.807) is 17.2 Å². The summed E-state index contributed by atoms with van der Waals surface area (Å²) in [5, 5.41) is 4.41. The molecule has 36 heavy (non-hydrogen) atoms. The molecule has 4 heterocycles. The largest absolute Gasteiger partial charge is 0.444 e. The van der Waals surface area contributed by atoms with E-state index in [9.17, 15) is 9.18 Å². The third-order valence-corrected chi connectivity index (χ3v) is 6.42. The maximum Gasteiger partial charge on any atom is 0.410 e. The topological polar surface area (TPSA) is 73.5 Å². The van der Waals surface area contributed by atoms with Crippen LogP contribution in [0.25, 0.3) is 22.2 Å². The number of aromatic nitrogens is 2. The summed E-state index contributed by atoms with van der Waals surface area (Å²) >= 11 is 0. The van der Waals surface area contributed by atoms with E-state index < -0.39 is 5.60 Å². The molecule has 2 aliphatic rings. The number of H-pyrrole nitrogens is 1. The van der Waals surface area contributed by atoms with Crippen LogP contribution in [0.2, 0.25) is 0 Å². The van der Waals surface area contributed by atoms with E-state index in [4.69, 9.17) is 4.74 Å². The standard InChI is InChI=1S/C28H32FN5O2/c1-28(2,3)36-27(35)34-13-9-18(10-14-34)25-16-22-24(7-11-30-26(22)32-25)31-20-5-6-23(29)21(15-20)19-8-12-33(4)17-19/h5-9,11,15-16H,10,12-14,17H2,1-4H3,(H2,30,31,32). The molecular weight excluding hydrogens is 457 g/mol. The molecule has 2 aliphatic heterocycles. The van der Waals surface area contributed by atoms with Gasteiger partial charge in [-0.2, -0.15) is 0 Å². The van der Waals surface area contributed by atoms with Crippen molar-refractivity contribution in [2.24, 2.45) is 0 Å². The number of aromatic amines is 1. The quantitative estimate of drug-likeness (QED) is 0.485. The summed E-state index contributed by atoms with van der Waals surface area (Å²) in [6.45, 7) is 8.28. The Hall–Kier alpha value is -3.65. The number of halogens is 1. The Bertz CT molecular complexity index is 1370. The molecule has 0 saturated heterocycles. The van der Waals surface area contributed by atoms with Gasteiger partial charge < -0.3 is 19.9 Å². The van der Waals surface area contributed by atoms with Crippen molar-refractivity contribution in [1.82, 2.24) is 19.8 Å². The monoisotopic (exact) mass is 489 g/mol. The first-order chi connectivity index (χ1) is 17.2. The van der Waals surface area contributed by atoms with E-state index in [0.717, 1.165) is 58.8 Å². The maximum absolute atomic E-state index is 14.6. The lowest BCUT2D eigenvalue weighted by Gasteiger charge is -2.29. The minimum Gasteiger partial charge on any atom is -0.444 e. The molecule has 0 atom stereocenters. The molecule has 0 bridgehead atoms. The normalized spacial score (nSPS) is 16.8. The molecule has 0 spiro atoms. The molecule has 188 valence electrons. The number of anilines is 2. The molecule has 3 aromatic rings. The van der Waals surface area contributed by atoms with Crippen LogP contribution in [0.15, 0.2) is 48.7 Å². The summed E-state index contributed by atoms with van der Waals surface area (Å²) in [5.74, 6) is -0.212. The van der Waals surface area contributed by atoms with Crippen molar-refractivity contribution in [3.05, 3.63) is 65.8 Å². The lowest BCUT2D eigenvalue weighted by atomic mass is 10.0. The van der Waals surface area contributed by atoms with Crippen molar-refractivity contribution in [1.29, 1.82) is 0 Å². The molecule has 5 rings (SSSR count). The Balaban J connectivity index is 1.36. The van der Waals surface area contributed by atoms with Gasteiger partial charge in [0.2, 0.25) is 0 Å². The lowest BCUT2D eigenvalue weighted by molar-refractivity contribution is 0.0270. The number of hydrogen-bond donors (Lipinski definition) is 2. The Morgan fingerprint density at radius 1 is 1.14 bits per heavy atom. The molecule has 7 nitrogen and oxygen atoms in total. The predicted octanol–water partition coefficient (Wildman–Crippen LogP) is 5.80. The molecule has 1 amide bonds. The number of carbonyl (C=O) groups is 1. The number of pyridine rings is 1. The van der Waals surface area contributed by atoms with Gasteiger partial charge in [0.15, 0.2) is 0 Å². The first-order valence-electron chi connectivity index (χ1n) is 12.3. The smallest absolute Gasteiger partial charge is 0.410 e. The van der Waals surface area contributed by atoms with E-state index in [1.807, 2.05) is 40.0 Å². The van der Waals surface area contributed by atoms with Crippen LogP contribution < -0.4 is 5.32 Å². The number of fused-ring (bicyclic) bond motifs is 1. The summed E-state index contributed by atoms with van der Waals surface area (Å²) in [6, 6.07) is 9.15. The Morgan fingerprint density at radius 3 is 2.64 bits per heavy atom. The Morgan fingerprint density at radius 2 is 1.94 bits per heavy atom. The van der Waals surface area contributed by atoms with Gasteiger partial charge in [0.25, 0.3) is 0 Å². The fraction of sp³-hybridized carbons (Fsp3) is 0.357. The average molecular weight is 490 g/mol. The number of nitrogens with zero attached hydrogens (tertiary/aromatic N) is 3. The molecular formula is C28H32FN5O2. The van der Waals surface area contributed by atoms with E-state index in [2.05, 4.69) is 38.4 Å². The van der Waals surface area contributed by atoms with Gasteiger partial charge >= 0.3 is 6.09 Å². The van der Waals surface area contributed by atoms with Crippen molar-refractivity contribution in [2.45, 2.75) is 32.8 Å². The highest BCUT2D eigenvalue weighted by atomic mass is 19.1. The van der Waals surface area contributed by atoms with Crippen molar-refractivity contribution in [3.8, 4) is 0 Å². The highest BCUT2D eigenvalue weighted by molar-refractivity contribution is 5.94. The van der Waals surface area contributed by atoms with Crippen LogP contribution in [0.3, 0.4) is 0 Å². The molecule has 2 aromatic heterocycles. The van der Waals surface area contributed by atoms with Crippen LogP contribution in [-0.4, -0.2) is 64.7 Å². The summed E-state index contributed by atoms with van der Waals surface area (Å²) in [6.07, 6.45) is 6.32. The maximum atomic E-state index is 14.6. The predicted molar refractivity (Wildman–Crippen MR) is 142 cm³/mol. The minimum atomic E-state index is -0.511. The second kappa shape index (κ2) is 9.43. The van der Waals surface area contributed by atoms with Crippen LogP contribution in [0.1, 0.15) is 38.4 Å². The number of hydrogen-bond acceptors (Lipinski definition) is 5. The highest BCUT2D eigenvalue weighted by Crippen LogP contribution is 2.32. The molecule has 0 saturated carbocycles. The number of amides is 1. The number of ether oxygens (including phenoxy) is 1. The molecule has 2 N–H and O–H groups in total. The zero-order valence-corrected chi connectivity index (χ0v) is 21.2. The van der Waals surface area contributed by atoms with Crippen molar-refractivity contribution < 1.29 is 13.9 Å². The van der Waals surface area contributed by atoms with Gasteiger partial charge in [-0.1, -0.05) is 12.2 Å². The fourth-order valence-corrected chi connectivity index (χ4v) is 4.60. The summed E-state index contributed by atoms with van der Waals surface area (Å²) in [4.78, 5) is 24.2. The van der Waals surface area contributed by atoms with Gasteiger partial charge in [-0.05, 0) is 75.7 Å².